The second-order valence-electron chi connectivity index (χ2n) is 4.16. The summed E-state index contributed by atoms with van der Waals surface area (Å²) in [5.41, 5.74) is 1.48. The van der Waals surface area contributed by atoms with Crippen LogP contribution in [0.4, 0.5) is 0 Å². The maximum atomic E-state index is 11.0. The highest BCUT2D eigenvalue weighted by Crippen LogP contribution is 2.18. The number of aromatic carboxylic acids is 1. The Morgan fingerprint density at radius 1 is 1.53 bits per heavy atom. The van der Waals surface area contributed by atoms with Crippen molar-refractivity contribution >= 4 is 17.0 Å². The molecule has 2 aromatic rings. The summed E-state index contributed by atoms with van der Waals surface area (Å²) in [6.07, 6.45) is 1.61. The molecule has 0 saturated heterocycles. The van der Waals surface area contributed by atoms with Crippen LogP contribution in [0.25, 0.3) is 11.0 Å². The van der Waals surface area contributed by atoms with E-state index >= 15 is 0 Å². The summed E-state index contributed by atoms with van der Waals surface area (Å²) in [7, 11) is 0. The standard InChI is InChI=1S/C12H14N2O3/c1-8(6-15)5-14-7-13-11-9(12(16)17)3-2-4-10(11)14/h2-4,7-8,15H,5-6H2,1H3,(H,16,17). The van der Waals surface area contributed by atoms with Gasteiger partial charge in [0.1, 0.15) is 5.52 Å². The van der Waals surface area contributed by atoms with Crippen LogP contribution in [-0.4, -0.2) is 32.3 Å². The molecule has 0 spiro atoms. The Hall–Kier alpha value is -1.88. The first-order valence-corrected chi connectivity index (χ1v) is 5.41. The molecule has 1 heterocycles. The number of fused-ring (bicyclic) bond motifs is 1. The van der Waals surface area contributed by atoms with Gasteiger partial charge in [0.05, 0.1) is 17.4 Å². The van der Waals surface area contributed by atoms with Gasteiger partial charge in [-0.3, -0.25) is 0 Å². The summed E-state index contributed by atoms with van der Waals surface area (Å²) in [4.78, 5) is 15.1. The van der Waals surface area contributed by atoms with Crippen LogP contribution in [0, 0.1) is 5.92 Å². The van der Waals surface area contributed by atoms with Crippen molar-refractivity contribution in [2.75, 3.05) is 6.61 Å². The minimum absolute atomic E-state index is 0.0955. The number of para-hydroxylation sites is 1. The van der Waals surface area contributed by atoms with Crippen molar-refractivity contribution < 1.29 is 15.0 Å². The van der Waals surface area contributed by atoms with E-state index in [1.54, 1.807) is 12.4 Å². The lowest BCUT2D eigenvalue weighted by Gasteiger charge is -2.09. The number of aliphatic hydroxyl groups is 1. The van der Waals surface area contributed by atoms with Crippen LogP contribution in [-0.2, 0) is 6.54 Å². The number of aromatic nitrogens is 2. The maximum absolute atomic E-state index is 11.0. The van der Waals surface area contributed by atoms with Crippen molar-refractivity contribution in [3.05, 3.63) is 30.1 Å². The van der Waals surface area contributed by atoms with E-state index in [0.29, 0.717) is 12.1 Å². The van der Waals surface area contributed by atoms with Gasteiger partial charge in [0, 0.05) is 13.2 Å². The Morgan fingerprint density at radius 2 is 2.29 bits per heavy atom. The third-order valence-corrected chi connectivity index (χ3v) is 2.70. The van der Waals surface area contributed by atoms with Crippen LogP contribution in [0.2, 0.25) is 0 Å². The van der Waals surface area contributed by atoms with Crippen molar-refractivity contribution in [2.45, 2.75) is 13.5 Å². The van der Waals surface area contributed by atoms with Gasteiger partial charge >= 0.3 is 5.97 Å². The molecule has 0 aliphatic heterocycles. The van der Waals surface area contributed by atoms with Crippen LogP contribution >= 0.6 is 0 Å². The van der Waals surface area contributed by atoms with E-state index < -0.39 is 5.97 Å². The molecule has 0 radical (unpaired) electrons. The zero-order chi connectivity index (χ0) is 12.4. The molecule has 0 aliphatic carbocycles. The van der Waals surface area contributed by atoms with Crippen LogP contribution in [0.3, 0.4) is 0 Å². The molecule has 1 unspecified atom stereocenters. The number of rotatable bonds is 4. The van der Waals surface area contributed by atoms with E-state index in [1.165, 1.54) is 6.07 Å². The van der Waals surface area contributed by atoms with Gasteiger partial charge in [-0.25, -0.2) is 9.78 Å². The third-order valence-electron chi connectivity index (χ3n) is 2.70. The fourth-order valence-corrected chi connectivity index (χ4v) is 1.80. The molecule has 1 atom stereocenters. The first-order valence-electron chi connectivity index (χ1n) is 5.41. The number of hydrogen-bond acceptors (Lipinski definition) is 3. The van der Waals surface area contributed by atoms with E-state index in [0.717, 1.165) is 5.52 Å². The van der Waals surface area contributed by atoms with E-state index in [4.69, 9.17) is 10.2 Å². The molecule has 1 aromatic heterocycles. The SMILES string of the molecule is CC(CO)Cn1cnc2c(C(=O)O)cccc21. The molecule has 2 N–H and O–H groups in total. The Kier molecular flexibility index (Phi) is 3.10. The zero-order valence-corrected chi connectivity index (χ0v) is 9.50. The normalized spacial score (nSPS) is 12.8. The molecule has 0 amide bonds. The fourth-order valence-electron chi connectivity index (χ4n) is 1.80. The summed E-state index contributed by atoms with van der Waals surface area (Å²) in [5, 5.41) is 18.1. The fraction of sp³-hybridized carbons (Fsp3) is 0.333. The Labute approximate surface area is 98.3 Å². The summed E-state index contributed by atoms with van der Waals surface area (Å²) < 4.78 is 1.86. The van der Waals surface area contributed by atoms with E-state index in [1.807, 2.05) is 17.6 Å². The third kappa shape index (κ3) is 2.14. The Morgan fingerprint density at radius 3 is 2.94 bits per heavy atom. The highest BCUT2D eigenvalue weighted by Gasteiger charge is 2.13. The Bertz CT molecular complexity index is 548. The van der Waals surface area contributed by atoms with Crippen molar-refractivity contribution in [3.63, 3.8) is 0 Å². The average molecular weight is 234 g/mol. The van der Waals surface area contributed by atoms with Crippen molar-refractivity contribution in [2.24, 2.45) is 5.92 Å². The number of aliphatic hydroxyl groups excluding tert-OH is 1. The highest BCUT2D eigenvalue weighted by atomic mass is 16.4. The van der Waals surface area contributed by atoms with Gasteiger partial charge in [-0.1, -0.05) is 13.0 Å². The average Bonchev–Trinajstić information content (AvgIpc) is 2.72. The van der Waals surface area contributed by atoms with Gasteiger partial charge in [0.25, 0.3) is 0 Å². The predicted molar refractivity (Wildman–Crippen MR) is 62.9 cm³/mol. The lowest BCUT2D eigenvalue weighted by molar-refractivity contribution is 0.0699. The largest absolute Gasteiger partial charge is 0.478 e. The molecule has 2 rings (SSSR count). The van der Waals surface area contributed by atoms with Crippen LogP contribution in [0.15, 0.2) is 24.5 Å². The summed E-state index contributed by atoms with van der Waals surface area (Å²) >= 11 is 0. The zero-order valence-electron chi connectivity index (χ0n) is 9.50. The summed E-state index contributed by atoms with van der Waals surface area (Å²) in [6, 6.07) is 5.07. The highest BCUT2D eigenvalue weighted by molar-refractivity contribution is 6.00. The molecule has 0 bridgehead atoms. The quantitative estimate of drug-likeness (QED) is 0.837. The monoisotopic (exact) mass is 234 g/mol. The van der Waals surface area contributed by atoms with Gasteiger partial charge in [0.2, 0.25) is 0 Å². The van der Waals surface area contributed by atoms with Crippen molar-refractivity contribution in [1.82, 2.24) is 9.55 Å². The van der Waals surface area contributed by atoms with Crippen LogP contribution in [0.1, 0.15) is 17.3 Å². The molecule has 0 fully saturated rings. The second kappa shape index (κ2) is 4.55. The first-order chi connectivity index (χ1) is 8.13. The lowest BCUT2D eigenvalue weighted by Crippen LogP contribution is -2.10. The van der Waals surface area contributed by atoms with Gasteiger partial charge in [-0.05, 0) is 18.1 Å². The van der Waals surface area contributed by atoms with Crippen molar-refractivity contribution in [1.29, 1.82) is 0 Å². The van der Waals surface area contributed by atoms with Crippen molar-refractivity contribution in [3.8, 4) is 0 Å². The molecular formula is C12H14N2O3. The van der Waals surface area contributed by atoms with Gasteiger partial charge < -0.3 is 14.8 Å². The number of benzene rings is 1. The smallest absolute Gasteiger partial charge is 0.337 e. The second-order valence-corrected chi connectivity index (χ2v) is 4.16. The minimum atomic E-state index is -0.976. The topological polar surface area (TPSA) is 75.3 Å². The van der Waals surface area contributed by atoms with Gasteiger partial charge in [-0.15, -0.1) is 0 Å². The summed E-state index contributed by atoms with van der Waals surface area (Å²) in [5.74, 6) is -0.864. The van der Waals surface area contributed by atoms with Gasteiger partial charge in [-0.2, -0.15) is 0 Å². The maximum Gasteiger partial charge on any atom is 0.337 e. The molecule has 90 valence electrons. The first kappa shape index (κ1) is 11.6. The minimum Gasteiger partial charge on any atom is -0.478 e. The molecule has 17 heavy (non-hydrogen) atoms. The van der Waals surface area contributed by atoms with E-state index in [9.17, 15) is 4.79 Å². The Balaban J connectivity index is 2.47. The van der Waals surface area contributed by atoms with Gasteiger partial charge in [0.15, 0.2) is 0 Å². The summed E-state index contributed by atoms with van der Waals surface area (Å²) in [6.45, 7) is 2.64. The lowest BCUT2D eigenvalue weighted by atomic mass is 10.1. The van der Waals surface area contributed by atoms with E-state index in [-0.39, 0.29) is 18.1 Å². The number of carboxylic acid groups (broad SMARTS) is 1. The number of carboxylic acids is 1. The molecule has 1 aromatic carbocycles. The van der Waals surface area contributed by atoms with E-state index in [2.05, 4.69) is 4.98 Å². The number of nitrogens with zero attached hydrogens (tertiary/aromatic N) is 2. The predicted octanol–water partition coefficient (Wildman–Crippen LogP) is 1.36. The molecular weight excluding hydrogens is 220 g/mol. The molecule has 0 aliphatic rings. The number of hydrogen-bond donors (Lipinski definition) is 2. The van der Waals surface area contributed by atoms with Crippen LogP contribution in [0.5, 0.6) is 0 Å². The molecule has 5 nitrogen and oxygen atoms in total. The molecule has 5 heteroatoms. The number of carbonyl (C=O) groups is 1. The molecule has 0 saturated carbocycles. The number of imidazole rings is 1. The van der Waals surface area contributed by atoms with Crippen LogP contribution < -0.4 is 0 Å².